The molecule has 1 aromatic heterocycles. The Balaban J connectivity index is 1.69. The molecule has 126 valence electrons. The summed E-state index contributed by atoms with van der Waals surface area (Å²) in [5, 5.41) is 6.23. The van der Waals surface area contributed by atoms with Gasteiger partial charge in [-0.25, -0.2) is 14.4 Å². The smallest absolute Gasteiger partial charge is 0.258 e. The molecule has 0 bridgehead atoms. The molecule has 0 fully saturated rings. The predicted octanol–water partition coefficient (Wildman–Crippen LogP) is 4.57. The van der Waals surface area contributed by atoms with Crippen molar-refractivity contribution in [2.45, 2.75) is 6.92 Å². The van der Waals surface area contributed by atoms with Crippen molar-refractivity contribution in [1.29, 1.82) is 0 Å². The van der Waals surface area contributed by atoms with Crippen LogP contribution in [0.4, 0.5) is 21.7 Å². The number of halogens is 2. The second-order valence-corrected chi connectivity index (χ2v) is 5.76. The fraction of sp³-hybridized carbons (Fsp3) is 0.0556. The topological polar surface area (TPSA) is 66.9 Å². The van der Waals surface area contributed by atoms with E-state index in [0.717, 1.165) is 11.3 Å². The van der Waals surface area contributed by atoms with Crippen LogP contribution in [0.2, 0.25) is 5.02 Å². The van der Waals surface area contributed by atoms with Gasteiger partial charge in [-0.05, 0) is 42.8 Å². The van der Waals surface area contributed by atoms with E-state index in [9.17, 15) is 9.18 Å². The molecule has 0 aliphatic heterocycles. The van der Waals surface area contributed by atoms with E-state index in [4.69, 9.17) is 11.6 Å². The zero-order chi connectivity index (χ0) is 17.8. The first-order valence-electron chi connectivity index (χ1n) is 7.43. The summed E-state index contributed by atoms with van der Waals surface area (Å²) < 4.78 is 13.1. The number of nitrogens with zero attached hydrogens (tertiary/aromatic N) is 2. The fourth-order valence-corrected chi connectivity index (χ4v) is 2.26. The fourth-order valence-electron chi connectivity index (χ4n) is 2.08. The van der Waals surface area contributed by atoms with E-state index in [2.05, 4.69) is 20.6 Å². The van der Waals surface area contributed by atoms with Gasteiger partial charge in [0.2, 0.25) is 5.95 Å². The molecule has 7 heteroatoms. The summed E-state index contributed by atoms with van der Waals surface area (Å²) >= 11 is 6.07. The number of aromatic nitrogens is 2. The van der Waals surface area contributed by atoms with Crippen LogP contribution in [0.25, 0.3) is 0 Å². The summed E-state index contributed by atoms with van der Waals surface area (Å²) in [6, 6.07) is 11.2. The van der Waals surface area contributed by atoms with Crippen LogP contribution in [0.3, 0.4) is 0 Å². The molecule has 1 heterocycles. The van der Waals surface area contributed by atoms with Crippen LogP contribution in [0.1, 0.15) is 15.9 Å². The molecule has 0 aliphatic carbocycles. The third-order valence-corrected chi connectivity index (χ3v) is 3.83. The Morgan fingerprint density at radius 2 is 1.84 bits per heavy atom. The molecule has 0 spiro atoms. The third-order valence-electron chi connectivity index (χ3n) is 3.42. The zero-order valence-electron chi connectivity index (χ0n) is 13.3. The summed E-state index contributed by atoms with van der Waals surface area (Å²) in [5.74, 6) is -0.511. The van der Waals surface area contributed by atoms with E-state index >= 15 is 0 Å². The van der Waals surface area contributed by atoms with Gasteiger partial charge >= 0.3 is 0 Å². The molecular formula is C18H14ClFN4O. The Kier molecular flexibility index (Phi) is 4.90. The number of amides is 1. The molecule has 1 amide bonds. The van der Waals surface area contributed by atoms with Gasteiger partial charge in [0.25, 0.3) is 5.91 Å². The van der Waals surface area contributed by atoms with E-state index in [1.807, 2.05) is 19.1 Å². The maximum absolute atomic E-state index is 13.1. The highest BCUT2D eigenvalue weighted by atomic mass is 35.5. The molecular weight excluding hydrogens is 343 g/mol. The van der Waals surface area contributed by atoms with Crippen LogP contribution >= 0.6 is 11.6 Å². The van der Waals surface area contributed by atoms with Gasteiger partial charge < -0.3 is 10.6 Å². The predicted molar refractivity (Wildman–Crippen MR) is 95.9 cm³/mol. The van der Waals surface area contributed by atoms with Crippen LogP contribution < -0.4 is 10.6 Å². The third kappa shape index (κ3) is 4.30. The number of carbonyl (C=O) groups is 1. The lowest BCUT2D eigenvalue weighted by Gasteiger charge is -2.08. The Morgan fingerprint density at radius 3 is 2.52 bits per heavy atom. The summed E-state index contributed by atoms with van der Waals surface area (Å²) in [6.45, 7) is 1.91. The van der Waals surface area contributed by atoms with E-state index in [1.165, 1.54) is 30.6 Å². The first kappa shape index (κ1) is 16.9. The van der Waals surface area contributed by atoms with Gasteiger partial charge in [-0.2, -0.15) is 0 Å². The van der Waals surface area contributed by atoms with E-state index < -0.39 is 11.7 Å². The Bertz CT molecular complexity index is 915. The SMILES string of the molecule is Cc1ccc(Nc2ncc(C(=O)Nc3cccc(F)c3)cn2)cc1Cl. The highest BCUT2D eigenvalue weighted by Crippen LogP contribution is 2.21. The number of benzene rings is 2. The maximum atomic E-state index is 13.1. The minimum Gasteiger partial charge on any atom is -0.324 e. The molecule has 0 aliphatic rings. The normalized spacial score (nSPS) is 10.4. The average Bonchev–Trinajstić information content (AvgIpc) is 2.59. The number of rotatable bonds is 4. The van der Waals surface area contributed by atoms with Gasteiger partial charge in [0.1, 0.15) is 5.82 Å². The standard InChI is InChI=1S/C18H14ClFN4O/c1-11-5-6-15(8-16(11)19)24-18-21-9-12(10-22-18)17(25)23-14-4-2-3-13(20)7-14/h2-10H,1H3,(H,23,25)(H,21,22,24). The summed E-state index contributed by atoms with van der Waals surface area (Å²) in [6.07, 6.45) is 2.78. The van der Waals surface area contributed by atoms with Crippen molar-refractivity contribution in [3.8, 4) is 0 Å². The van der Waals surface area contributed by atoms with Crippen molar-refractivity contribution in [2.24, 2.45) is 0 Å². The maximum Gasteiger partial charge on any atom is 0.258 e. The molecule has 3 rings (SSSR count). The second-order valence-electron chi connectivity index (χ2n) is 5.35. The highest BCUT2D eigenvalue weighted by molar-refractivity contribution is 6.31. The van der Waals surface area contributed by atoms with Crippen molar-refractivity contribution in [1.82, 2.24) is 9.97 Å². The van der Waals surface area contributed by atoms with Crippen molar-refractivity contribution in [3.63, 3.8) is 0 Å². The van der Waals surface area contributed by atoms with Crippen LogP contribution in [0.15, 0.2) is 54.9 Å². The van der Waals surface area contributed by atoms with Crippen molar-refractivity contribution < 1.29 is 9.18 Å². The number of aryl methyl sites for hydroxylation is 1. The monoisotopic (exact) mass is 356 g/mol. The van der Waals surface area contributed by atoms with Gasteiger partial charge in [-0.1, -0.05) is 23.7 Å². The van der Waals surface area contributed by atoms with Crippen LogP contribution in [0.5, 0.6) is 0 Å². The first-order valence-corrected chi connectivity index (χ1v) is 7.81. The van der Waals surface area contributed by atoms with Gasteiger partial charge in [0, 0.05) is 28.8 Å². The zero-order valence-corrected chi connectivity index (χ0v) is 14.0. The van der Waals surface area contributed by atoms with Crippen LogP contribution in [0, 0.1) is 12.7 Å². The molecule has 0 saturated carbocycles. The van der Waals surface area contributed by atoms with Gasteiger partial charge in [-0.3, -0.25) is 4.79 Å². The van der Waals surface area contributed by atoms with E-state index in [-0.39, 0.29) is 5.56 Å². The van der Waals surface area contributed by atoms with Gasteiger partial charge in [-0.15, -0.1) is 0 Å². The molecule has 0 unspecified atom stereocenters. The number of hydrogen-bond donors (Lipinski definition) is 2. The Morgan fingerprint density at radius 1 is 1.08 bits per heavy atom. The molecule has 5 nitrogen and oxygen atoms in total. The molecule has 0 radical (unpaired) electrons. The molecule has 2 N–H and O–H groups in total. The Labute approximate surface area is 148 Å². The molecule has 3 aromatic rings. The van der Waals surface area contributed by atoms with E-state index in [0.29, 0.717) is 16.7 Å². The highest BCUT2D eigenvalue weighted by Gasteiger charge is 2.08. The number of nitrogens with one attached hydrogen (secondary N) is 2. The van der Waals surface area contributed by atoms with Crippen LogP contribution in [-0.4, -0.2) is 15.9 Å². The lowest BCUT2D eigenvalue weighted by Crippen LogP contribution is -2.13. The Hall–Kier alpha value is -2.99. The van der Waals surface area contributed by atoms with Gasteiger partial charge in [0.05, 0.1) is 5.56 Å². The first-order chi connectivity index (χ1) is 12.0. The molecule has 0 saturated heterocycles. The number of anilines is 3. The number of hydrogen-bond acceptors (Lipinski definition) is 4. The largest absolute Gasteiger partial charge is 0.324 e. The van der Waals surface area contributed by atoms with Crippen LogP contribution in [-0.2, 0) is 0 Å². The van der Waals surface area contributed by atoms with Crippen molar-refractivity contribution >= 4 is 34.8 Å². The van der Waals surface area contributed by atoms with Crippen molar-refractivity contribution in [2.75, 3.05) is 10.6 Å². The molecule has 2 aromatic carbocycles. The second kappa shape index (κ2) is 7.27. The molecule has 0 atom stereocenters. The van der Waals surface area contributed by atoms with Gasteiger partial charge in [0.15, 0.2) is 0 Å². The summed E-state index contributed by atoms with van der Waals surface area (Å²) in [7, 11) is 0. The quantitative estimate of drug-likeness (QED) is 0.718. The number of carbonyl (C=O) groups excluding carboxylic acids is 1. The summed E-state index contributed by atoms with van der Waals surface area (Å²) in [4.78, 5) is 20.3. The summed E-state index contributed by atoms with van der Waals surface area (Å²) in [5.41, 5.74) is 2.34. The molecule has 25 heavy (non-hydrogen) atoms. The average molecular weight is 357 g/mol. The van der Waals surface area contributed by atoms with Crippen molar-refractivity contribution in [3.05, 3.63) is 76.8 Å². The lowest BCUT2D eigenvalue weighted by atomic mass is 10.2. The lowest BCUT2D eigenvalue weighted by molar-refractivity contribution is 0.102. The minimum atomic E-state index is -0.426. The minimum absolute atomic E-state index is 0.261. The van der Waals surface area contributed by atoms with E-state index in [1.54, 1.807) is 12.1 Å².